The predicted octanol–water partition coefficient (Wildman–Crippen LogP) is 6.66. The number of carbonyl (C=O) groups excluding carboxylic acids is 1. The Labute approximate surface area is 191 Å². The van der Waals surface area contributed by atoms with Gasteiger partial charge in [-0.25, -0.2) is 9.37 Å². The molecule has 2 aromatic heterocycles. The summed E-state index contributed by atoms with van der Waals surface area (Å²) in [5.74, 6) is 0.250. The number of thiophene rings is 1. The van der Waals surface area contributed by atoms with Crippen LogP contribution in [0.4, 0.5) is 15.2 Å². The molecule has 2 heterocycles. The molecule has 1 atom stereocenters. The fraction of sp³-hybridized carbons (Fsp3) is 0.154. The Bertz CT molecular complexity index is 1240. The molecular weight excluding hydrogens is 421 g/mol. The molecule has 0 fully saturated rings. The summed E-state index contributed by atoms with van der Waals surface area (Å²) in [7, 11) is 0. The molecule has 4 aromatic rings. The SMILES string of the molecule is Cc1ccnc(N[C@H](c2ccc(F)cc2)c2c(NC(=O)c3ccccc3)sc(C)c2C)c1. The Morgan fingerprint density at radius 1 is 1.00 bits per heavy atom. The van der Waals surface area contributed by atoms with E-state index in [-0.39, 0.29) is 17.8 Å². The molecule has 0 radical (unpaired) electrons. The van der Waals surface area contributed by atoms with Crippen LogP contribution in [0.2, 0.25) is 0 Å². The highest BCUT2D eigenvalue weighted by atomic mass is 32.1. The molecule has 2 aromatic carbocycles. The molecule has 0 bridgehead atoms. The van der Waals surface area contributed by atoms with Crippen molar-refractivity contribution in [2.45, 2.75) is 26.8 Å². The molecule has 0 aliphatic carbocycles. The second kappa shape index (κ2) is 9.32. The summed E-state index contributed by atoms with van der Waals surface area (Å²) in [6.45, 7) is 6.08. The van der Waals surface area contributed by atoms with E-state index in [1.165, 1.54) is 23.5 Å². The largest absolute Gasteiger partial charge is 0.359 e. The smallest absolute Gasteiger partial charge is 0.256 e. The van der Waals surface area contributed by atoms with Crippen molar-refractivity contribution in [2.24, 2.45) is 0 Å². The van der Waals surface area contributed by atoms with Crippen LogP contribution < -0.4 is 10.6 Å². The first-order chi connectivity index (χ1) is 15.4. The highest BCUT2D eigenvalue weighted by Crippen LogP contribution is 2.41. The minimum Gasteiger partial charge on any atom is -0.359 e. The number of rotatable bonds is 6. The first kappa shape index (κ1) is 21.7. The lowest BCUT2D eigenvalue weighted by atomic mass is 9.96. The van der Waals surface area contributed by atoms with Crippen LogP contribution in [0.5, 0.6) is 0 Å². The van der Waals surface area contributed by atoms with Crippen LogP contribution in [0, 0.1) is 26.6 Å². The fourth-order valence-corrected chi connectivity index (χ4v) is 4.68. The van der Waals surface area contributed by atoms with E-state index >= 15 is 0 Å². The molecule has 6 heteroatoms. The van der Waals surface area contributed by atoms with Gasteiger partial charge in [-0.15, -0.1) is 11.3 Å². The summed E-state index contributed by atoms with van der Waals surface area (Å²) < 4.78 is 13.7. The van der Waals surface area contributed by atoms with Gasteiger partial charge in [0.05, 0.1) is 6.04 Å². The summed E-state index contributed by atoms with van der Waals surface area (Å²) in [5.41, 5.74) is 4.58. The molecule has 4 nitrogen and oxygen atoms in total. The second-order valence-corrected chi connectivity index (χ2v) is 8.92. The number of amides is 1. The van der Waals surface area contributed by atoms with Gasteiger partial charge in [-0.2, -0.15) is 0 Å². The third-order valence-corrected chi connectivity index (χ3v) is 6.53. The van der Waals surface area contributed by atoms with Crippen LogP contribution in [0.15, 0.2) is 72.9 Å². The lowest BCUT2D eigenvalue weighted by Gasteiger charge is -2.22. The highest BCUT2D eigenvalue weighted by Gasteiger charge is 2.25. The lowest BCUT2D eigenvalue weighted by Crippen LogP contribution is -2.18. The summed E-state index contributed by atoms with van der Waals surface area (Å²) in [4.78, 5) is 18.5. The van der Waals surface area contributed by atoms with Crippen LogP contribution in [0.1, 0.15) is 43.5 Å². The molecule has 162 valence electrons. The molecule has 1 amide bonds. The molecule has 32 heavy (non-hydrogen) atoms. The van der Waals surface area contributed by atoms with Crippen molar-refractivity contribution < 1.29 is 9.18 Å². The Morgan fingerprint density at radius 2 is 1.72 bits per heavy atom. The molecule has 0 saturated heterocycles. The van der Waals surface area contributed by atoms with Gasteiger partial charge in [0.15, 0.2) is 0 Å². The molecule has 0 unspecified atom stereocenters. The monoisotopic (exact) mass is 445 g/mol. The molecule has 0 spiro atoms. The Morgan fingerprint density at radius 3 is 2.41 bits per heavy atom. The van der Waals surface area contributed by atoms with Crippen LogP contribution in [-0.2, 0) is 0 Å². The van der Waals surface area contributed by atoms with Gasteiger partial charge in [0.1, 0.15) is 16.6 Å². The summed E-state index contributed by atoms with van der Waals surface area (Å²) in [5, 5.41) is 7.36. The third-order valence-electron chi connectivity index (χ3n) is 5.39. The number of hydrogen-bond donors (Lipinski definition) is 2. The molecule has 0 aliphatic heterocycles. The Hall–Kier alpha value is -3.51. The van der Waals surface area contributed by atoms with Gasteiger partial charge < -0.3 is 10.6 Å². The van der Waals surface area contributed by atoms with E-state index in [0.717, 1.165) is 32.1 Å². The van der Waals surface area contributed by atoms with Crippen LogP contribution in [-0.4, -0.2) is 10.9 Å². The quantitative estimate of drug-likeness (QED) is 0.349. The third kappa shape index (κ3) is 4.70. The van der Waals surface area contributed by atoms with Gasteiger partial charge in [0.25, 0.3) is 5.91 Å². The fourth-order valence-electron chi connectivity index (χ4n) is 3.59. The van der Waals surface area contributed by atoms with E-state index in [4.69, 9.17) is 0 Å². The van der Waals surface area contributed by atoms with E-state index in [9.17, 15) is 9.18 Å². The molecule has 0 aliphatic rings. The number of anilines is 2. The summed E-state index contributed by atoms with van der Waals surface area (Å²) in [6, 6.07) is 19.1. The van der Waals surface area contributed by atoms with Gasteiger partial charge in [-0.05, 0) is 73.9 Å². The van der Waals surface area contributed by atoms with E-state index in [1.54, 1.807) is 30.5 Å². The number of aryl methyl sites for hydroxylation is 2. The van der Waals surface area contributed by atoms with Crippen molar-refractivity contribution >= 4 is 28.1 Å². The standard InChI is InChI=1S/C26H24FN3OS/c1-16-13-14-28-22(15-16)29-24(19-9-11-21(27)12-10-19)23-17(2)18(3)32-26(23)30-25(31)20-7-5-4-6-8-20/h4-15,24H,1-3H3,(H,28,29)(H,30,31)/t24-/m1/s1. The van der Waals surface area contributed by atoms with Gasteiger partial charge in [-0.3, -0.25) is 4.79 Å². The molecule has 4 rings (SSSR count). The first-order valence-corrected chi connectivity index (χ1v) is 11.1. The normalized spacial score (nSPS) is 11.8. The van der Waals surface area contributed by atoms with Crippen molar-refractivity contribution in [3.05, 3.63) is 111 Å². The summed E-state index contributed by atoms with van der Waals surface area (Å²) in [6.07, 6.45) is 1.75. The second-order valence-electron chi connectivity index (χ2n) is 7.69. The van der Waals surface area contributed by atoms with Crippen LogP contribution in [0.3, 0.4) is 0 Å². The lowest BCUT2D eigenvalue weighted by molar-refractivity contribution is 0.102. The van der Waals surface area contributed by atoms with E-state index in [0.29, 0.717) is 11.4 Å². The number of aromatic nitrogens is 1. The van der Waals surface area contributed by atoms with E-state index in [2.05, 4.69) is 15.6 Å². The topological polar surface area (TPSA) is 54.0 Å². The van der Waals surface area contributed by atoms with Gasteiger partial charge in [0, 0.05) is 22.2 Å². The van der Waals surface area contributed by atoms with Crippen molar-refractivity contribution in [3.63, 3.8) is 0 Å². The zero-order valence-electron chi connectivity index (χ0n) is 18.1. The number of pyridine rings is 1. The van der Waals surface area contributed by atoms with E-state index < -0.39 is 0 Å². The van der Waals surface area contributed by atoms with E-state index in [1.807, 2.05) is 51.1 Å². The Balaban J connectivity index is 1.78. The number of carbonyl (C=O) groups is 1. The molecule has 2 N–H and O–H groups in total. The maximum absolute atomic E-state index is 13.7. The summed E-state index contributed by atoms with van der Waals surface area (Å²) >= 11 is 1.54. The maximum Gasteiger partial charge on any atom is 0.256 e. The highest BCUT2D eigenvalue weighted by molar-refractivity contribution is 7.16. The number of nitrogens with one attached hydrogen (secondary N) is 2. The van der Waals surface area contributed by atoms with Crippen molar-refractivity contribution in [2.75, 3.05) is 10.6 Å². The van der Waals surface area contributed by atoms with Crippen LogP contribution >= 0.6 is 11.3 Å². The molecular formula is C26H24FN3OS. The maximum atomic E-state index is 13.7. The number of nitrogens with zero attached hydrogens (tertiary/aromatic N) is 1. The van der Waals surface area contributed by atoms with Crippen molar-refractivity contribution in [1.29, 1.82) is 0 Å². The number of benzene rings is 2. The first-order valence-electron chi connectivity index (χ1n) is 10.3. The Kier molecular flexibility index (Phi) is 6.32. The van der Waals surface area contributed by atoms with Crippen molar-refractivity contribution in [1.82, 2.24) is 4.98 Å². The predicted molar refractivity (Wildman–Crippen MR) is 129 cm³/mol. The number of halogens is 1. The molecule has 0 saturated carbocycles. The average molecular weight is 446 g/mol. The van der Waals surface area contributed by atoms with Crippen LogP contribution in [0.25, 0.3) is 0 Å². The zero-order valence-corrected chi connectivity index (χ0v) is 19.0. The van der Waals surface area contributed by atoms with Gasteiger partial charge in [-0.1, -0.05) is 30.3 Å². The average Bonchev–Trinajstić information content (AvgIpc) is 3.06. The zero-order chi connectivity index (χ0) is 22.7. The minimum atomic E-state index is -0.319. The van der Waals surface area contributed by atoms with Gasteiger partial charge >= 0.3 is 0 Å². The minimum absolute atomic E-state index is 0.167. The van der Waals surface area contributed by atoms with Gasteiger partial charge in [0.2, 0.25) is 0 Å². The van der Waals surface area contributed by atoms with Crippen molar-refractivity contribution in [3.8, 4) is 0 Å². The number of hydrogen-bond acceptors (Lipinski definition) is 4.